The number of hydrogen-bond acceptors (Lipinski definition) is 4. The van der Waals surface area contributed by atoms with Crippen molar-refractivity contribution < 1.29 is 19.8 Å². The van der Waals surface area contributed by atoms with Crippen LogP contribution in [0.2, 0.25) is 0 Å². The minimum atomic E-state index is -1.10. The van der Waals surface area contributed by atoms with Crippen molar-refractivity contribution in [3.05, 3.63) is 49.2 Å². The summed E-state index contributed by atoms with van der Waals surface area (Å²) in [4.78, 5) is 20.6. The van der Waals surface area contributed by atoms with Crippen molar-refractivity contribution in [3.8, 4) is 0 Å². The van der Waals surface area contributed by atoms with E-state index in [4.69, 9.17) is 0 Å². The van der Waals surface area contributed by atoms with E-state index in [9.17, 15) is 19.8 Å². The molecule has 1 aromatic rings. The van der Waals surface area contributed by atoms with E-state index < -0.39 is 11.9 Å². The van der Waals surface area contributed by atoms with Crippen LogP contribution >= 0.6 is 0 Å². The van der Waals surface area contributed by atoms with Crippen LogP contribution in [0.5, 0.6) is 0 Å². The van der Waals surface area contributed by atoms with Crippen LogP contribution in [0.1, 0.15) is 153 Å². The van der Waals surface area contributed by atoms with Crippen LogP contribution in [0.3, 0.4) is 0 Å². The fourth-order valence-electron chi connectivity index (χ4n) is 2.99. The maximum atomic E-state index is 10.5. The van der Waals surface area contributed by atoms with Gasteiger partial charge in [0, 0.05) is 5.97 Å². The first kappa shape index (κ1) is 43.0. The Bertz CT molecular complexity index is 582. The number of carbonyl (C=O) groups is 2. The number of aliphatic carboxylic acids is 1. The minimum Gasteiger partial charge on any atom is -0.550 e. The first-order chi connectivity index (χ1) is 17.3. The van der Waals surface area contributed by atoms with E-state index in [1.54, 1.807) is 18.2 Å². The Hall–Kier alpha value is -1.04. The number of carboxylic acid groups (broad SMARTS) is 2. The summed E-state index contributed by atoms with van der Waals surface area (Å²) in [6.45, 7) is 15.8. The average molecular weight is 624 g/mol. The molecule has 37 heavy (non-hydrogen) atoms. The van der Waals surface area contributed by atoms with Gasteiger partial charge in [-0.25, -0.2) is 0 Å². The van der Waals surface area contributed by atoms with Crippen LogP contribution in [0, 0.1) is 13.8 Å². The van der Waals surface area contributed by atoms with Crippen LogP contribution < -0.4 is 10.2 Å². The Morgan fingerprint density at radius 1 is 0.676 bits per heavy atom. The van der Waals surface area contributed by atoms with Gasteiger partial charge in [-0.1, -0.05) is 150 Å². The van der Waals surface area contributed by atoms with E-state index in [0.717, 1.165) is 50.5 Å². The molecule has 0 heterocycles. The molecule has 0 aromatic heterocycles. The zero-order chi connectivity index (χ0) is 27.9. The van der Waals surface area contributed by atoms with Gasteiger partial charge >= 0.3 is 23.9 Å². The largest absolute Gasteiger partial charge is 2.00 e. The summed E-state index contributed by atoms with van der Waals surface area (Å²) in [5.74, 6) is -2.01. The molecular weight excluding hydrogens is 567 g/mol. The maximum absolute atomic E-state index is 10.5. The first-order valence-electron chi connectivity index (χ1n) is 14.4. The number of carboxylic acids is 2. The van der Waals surface area contributed by atoms with Crippen molar-refractivity contribution in [2.45, 2.75) is 143 Å². The number of hydrogen-bond donors (Lipinski definition) is 0. The number of rotatable bonds is 17. The summed E-state index contributed by atoms with van der Waals surface area (Å²) < 4.78 is 0. The molecule has 4 nitrogen and oxygen atoms in total. The molecule has 0 fully saturated rings. The van der Waals surface area contributed by atoms with Crippen molar-refractivity contribution >= 4 is 35.8 Å². The van der Waals surface area contributed by atoms with Gasteiger partial charge in [0.05, 0.1) is 5.97 Å². The smallest absolute Gasteiger partial charge is 0.550 e. The van der Waals surface area contributed by atoms with E-state index in [0.29, 0.717) is 0 Å². The molecular formula is C32H56O4Sn. The quantitative estimate of drug-likeness (QED) is 0.135. The molecule has 0 aliphatic heterocycles. The third-order valence-corrected chi connectivity index (χ3v) is 5.42. The van der Waals surface area contributed by atoms with Gasteiger partial charge in [-0.05, 0) is 42.9 Å². The Kier molecular flexibility index (Phi) is 43.2. The summed E-state index contributed by atoms with van der Waals surface area (Å²) in [7, 11) is 0. The number of carbonyl (C=O) groups excluding carboxylic acids is 2. The Balaban J connectivity index is -0.000000224. The summed E-state index contributed by atoms with van der Waals surface area (Å²) in [6.07, 6.45) is 20.3. The molecule has 0 saturated heterocycles. The van der Waals surface area contributed by atoms with Crippen molar-refractivity contribution in [2.75, 3.05) is 0 Å². The molecule has 0 N–H and O–H groups in total. The number of benzene rings is 1. The summed E-state index contributed by atoms with van der Waals surface area (Å²) in [6, 6.07) is 6.95. The third-order valence-electron chi connectivity index (χ3n) is 5.42. The van der Waals surface area contributed by atoms with Crippen molar-refractivity contribution in [3.63, 3.8) is 0 Å². The predicted molar refractivity (Wildman–Crippen MR) is 157 cm³/mol. The summed E-state index contributed by atoms with van der Waals surface area (Å²) >= 11 is 0. The Morgan fingerprint density at radius 3 is 1.49 bits per heavy atom. The second kappa shape index (κ2) is 37.1. The number of aromatic carboxylic acids is 1. The minimum absolute atomic E-state index is 0. The molecule has 0 spiro atoms. The van der Waals surface area contributed by atoms with Gasteiger partial charge in [0.1, 0.15) is 0 Å². The van der Waals surface area contributed by atoms with E-state index in [-0.39, 0.29) is 35.9 Å². The summed E-state index contributed by atoms with van der Waals surface area (Å²) in [5.41, 5.74) is 1.34. The van der Waals surface area contributed by atoms with Crippen LogP contribution in [0.15, 0.2) is 24.3 Å². The molecule has 4 radical (unpaired) electrons. The number of unbranched alkanes of at least 4 members (excludes halogenated alkanes) is 12. The molecule has 0 amide bonds. The van der Waals surface area contributed by atoms with E-state index >= 15 is 0 Å². The van der Waals surface area contributed by atoms with Gasteiger partial charge in [-0.2, -0.15) is 0 Å². The maximum Gasteiger partial charge on any atom is 2.00 e. The van der Waals surface area contributed by atoms with Gasteiger partial charge in [0.25, 0.3) is 0 Å². The van der Waals surface area contributed by atoms with Crippen LogP contribution in [0.4, 0.5) is 0 Å². The molecule has 0 aliphatic rings. The van der Waals surface area contributed by atoms with Crippen LogP contribution in [-0.2, 0) is 11.2 Å². The topological polar surface area (TPSA) is 80.3 Å². The normalized spacial score (nSPS) is 9.35. The van der Waals surface area contributed by atoms with Gasteiger partial charge in [-0.3, -0.25) is 0 Å². The molecule has 1 aromatic carbocycles. The average Bonchev–Trinajstić information content (AvgIpc) is 2.89. The van der Waals surface area contributed by atoms with E-state index in [1.807, 2.05) is 6.07 Å². The Morgan fingerprint density at radius 2 is 1.11 bits per heavy atom. The second-order valence-electron chi connectivity index (χ2n) is 9.10. The standard InChI is InChI=1S/C13H26O2.C11H14O2.2C4H9.Sn/c1-2-3-4-5-6-7-8-9-10-11-12-13(14)15;1-2-3-5-9-6-4-7-10(8-9)11(12)13;2*1-3-4-2;/h2-12H2,1H3,(H,14,15);4,6-8H,2-3,5H2,1H3,(H,12,13);2*1,3-4H2,2H3;/q;;;;+2/p-2. The van der Waals surface area contributed by atoms with Gasteiger partial charge in [0.15, 0.2) is 0 Å². The fourth-order valence-corrected chi connectivity index (χ4v) is 2.99. The van der Waals surface area contributed by atoms with Crippen LogP contribution in [-0.4, -0.2) is 35.8 Å². The second-order valence-corrected chi connectivity index (χ2v) is 9.10. The molecule has 212 valence electrons. The zero-order valence-corrected chi connectivity index (χ0v) is 27.4. The number of aryl methyl sites for hydroxylation is 1. The first-order valence-corrected chi connectivity index (χ1v) is 14.4. The van der Waals surface area contributed by atoms with Crippen molar-refractivity contribution in [2.24, 2.45) is 0 Å². The molecule has 0 unspecified atom stereocenters. The van der Waals surface area contributed by atoms with E-state index in [1.165, 1.54) is 64.2 Å². The summed E-state index contributed by atoms with van der Waals surface area (Å²) in [5, 5.41) is 20.6. The van der Waals surface area contributed by atoms with Crippen molar-refractivity contribution in [1.29, 1.82) is 0 Å². The predicted octanol–water partition coefficient (Wildman–Crippen LogP) is 7.30. The molecule has 1 rings (SSSR count). The molecule has 5 heteroatoms. The fraction of sp³-hybridized carbons (Fsp3) is 0.688. The third kappa shape index (κ3) is 39.6. The van der Waals surface area contributed by atoms with Crippen LogP contribution in [0.25, 0.3) is 0 Å². The van der Waals surface area contributed by atoms with Gasteiger partial charge in [-0.15, -0.1) is 0 Å². The molecule has 0 aliphatic carbocycles. The monoisotopic (exact) mass is 624 g/mol. The molecule has 0 bridgehead atoms. The Labute approximate surface area is 247 Å². The van der Waals surface area contributed by atoms with Gasteiger partial charge in [0.2, 0.25) is 0 Å². The van der Waals surface area contributed by atoms with Crippen molar-refractivity contribution in [1.82, 2.24) is 0 Å². The van der Waals surface area contributed by atoms with Gasteiger partial charge < -0.3 is 19.8 Å². The SMILES string of the molecule is CCCCCCCCCCCCC(=O)[O-].CCCCc1cccc(C(=O)[O-])c1.[CH2]CCC.[CH2]CCC.[Sn+2]. The zero-order valence-electron chi connectivity index (χ0n) is 24.6. The van der Waals surface area contributed by atoms with E-state index in [2.05, 4.69) is 41.5 Å². The molecule has 0 atom stereocenters. The molecule has 0 saturated carbocycles.